The molecule has 1 saturated carbocycles. The Hall–Kier alpha value is -2.69. The first-order valence-electron chi connectivity index (χ1n) is 8.11. The summed E-state index contributed by atoms with van der Waals surface area (Å²) in [6, 6.07) is 8.71. The van der Waals surface area contributed by atoms with E-state index in [1.807, 2.05) is 23.8 Å². The molecule has 4 nitrogen and oxygen atoms in total. The van der Waals surface area contributed by atoms with Gasteiger partial charge in [-0.05, 0) is 49.1 Å². The number of benzene rings is 1. The van der Waals surface area contributed by atoms with Gasteiger partial charge in [0.25, 0.3) is 0 Å². The summed E-state index contributed by atoms with van der Waals surface area (Å²) in [7, 11) is 0. The van der Waals surface area contributed by atoms with E-state index in [1.54, 1.807) is 18.3 Å². The topological polar surface area (TPSA) is 46.9 Å². The summed E-state index contributed by atoms with van der Waals surface area (Å²) in [5.74, 6) is -0.231. The Labute approximate surface area is 139 Å². The molecule has 1 N–H and O–H groups in total. The Morgan fingerprint density at radius 1 is 1.29 bits per heavy atom. The number of carbonyl (C=O) groups is 1. The molecule has 0 bridgehead atoms. The maximum Gasteiger partial charge on any atom is 0.240 e. The number of rotatable bonds is 4. The largest absolute Gasteiger partial charge is 0.352 e. The highest BCUT2D eigenvalue weighted by atomic mass is 19.1. The van der Waals surface area contributed by atoms with Crippen LogP contribution in [0.1, 0.15) is 18.4 Å². The second-order valence-electron chi connectivity index (χ2n) is 6.38. The zero-order valence-electron chi connectivity index (χ0n) is 13.4. The number of nitrogens with one attached hydrogen (secondary N) is 1. The highest BCUT2D eigenvalue weighted by Gasteiger charge is 2.23. The molecule has 0 unspecified atom stereocenters. The van der Waals surface area contributed by atoms with Crippen LogP contribution in [0.5, 0.6) is 0 Å². The van der Waals surface area contributed by atoms with Crippen molar-refractivity contribution in [1.29, 1.82) is 0 Å². The van der Waals surface area contributed by atoms with E-state index in [2.05, 4.69) is 10.3 Å². The predicted molar refractivity (Wildman–Crippen MR) is 91.0 cm³/mol. The summed E-state index contributed by atoms with van der Waals surface area (Å²) < 4.78 is 15.0. The van der Waals surface area contributed by atoms with Crippen LogP contribution in [-0.2, 0) is 11.3 Å². The second kappa shape index (κ2) is 5.74. The molecule has 1 aliphatic rings. The Kier molecular flexibility index (Phi) is 3.56. The van der Waals surface area contributed by atoms with Gasteiger partial charge in [-0.1, -0.05) is 12.1 Å². The van der Waals surface area contributed by atoms with E-state index in [-0.39, 0.29) is 18.3 Å². The van der Waals surface area contributed by atoms with Gasteiger partial charge in [0.05, 0.1) is 11.0 Å². The zero-order chi connectivity index (χ0) is 16.7. The first-order chi connectivity index (χ1) is 11.6. The van der Waals surface area contributed by atoms with Gasteiger partial charge >= 0.3 is 0 Å². The van der Waals surface area contributed by atoms with Gasteiger partial charge in [-0.25, -0.2) is 4.39 Å². The van der Waals surface area contributed by atoms with Crippen LogP contribution in [0.4, 0.5) is 4.39 Å². The van der Waals surface area contributed by atoms with Crippen LogP contribution in [0.25, 0.3) is 22.2 Å². The summed E-state index contributed by atoms with van der Waals surface area (Å²) in [6.07, 6.45) is 5.90. The number of nitrogens with zero attached hydrogens (tertiary/aromatic N) is 2. The van der Waals surface area contributed by atoms with Gasteiger partial charge in [0.1, 0.15) is 12.4 Å². The Morgan fingerprint density at radius 3 is 2.75 bits per heavy atom. The van der Waals surface area contributed by atoms with Gasteiger partial charge in [-0.15, -0.1) is 0 Å². The first-order valence-corrected chi connectivity index (χ1v) is 8.11. The molecule has 1 fully saturated rings. The molecule has 122 valence electrons. The normalized spacial score (nSPS) is 14.1. The summed E-state index contributed by atoms with van der Waals surface area (Å²) in [6.45, 7) is 2.28. The Bertz CT molecular complexity index is 910. The molecule has 1 amide bonds. The average Bonchev–Trinajstić information content (AvgIpc) is 3.32. The van der Waals surface area contributed by atoms with Crippen molar-refractivity contribution < 1.29 is 9.18 Å². The highest BCUT2D eigenvalue weighted by molar-refractivity contribution is 5.86. The van der Waals surface area contributed by atoms with Crippen LogP contribution >= 0.6 is 0 Å². The van der Waals surface area contributed by atoms with E-state index in [0.717, 1.165) is 40.6 Å². The minimum Gasteiger partial charge on any atom is -0.352 e. The summed E-state index contributed by atoms with van der Waals surface area (Å²) in [5.41, 5.74) is 4.65. The van der Waals surface area contributed by atoms with E-state index in [9.17, 15) is 9.18 Å². The zero-order valence-corrected chi connectivity index (χ0v) is 13.4. The van der Waals surface area contributed by atoms with Crippen molar-refractivity contribution in [3.8, 4) is 11.1 Å². The fourth-order valence-electron chi connectivity index (χ4n) is 2.93. The van der Waals surface area contributed by atoms with Crippen LogP contribution in [0.2, 0.25) is 0 Å². The number of hydrogen-bond acceptors (Lipinski definition) is 2. The average molecular weight is 323 g/mol. The van der Waals surface area contributed by atoms with E-state index in [1.165, 1.54) is 12.1 Å². The lowest BCUT2D eigenvalue weighted by Gasteiger charge is -2.07. The van der Waals surface area contributed by atoms with E-state index < -0.39 is 0 Å². The third kappa shape index (κ3) is 2.89. The molecule has 5 heteroatoms. The molecule has 0 spiro atoms. The van der Waals surface area contributed by atoms with Crippen LogP contribution in [-0.4, -0.2) is 21.5 Å². The van der Waals surface area contributed by atoms with Crippen molar-refractivity contribution in [1.82, 2.24) is 14.9 Å². The predicted octanol–water partition coefficient (Wildman–Crippen LogP) is 3.43. The molecule has 2 heterocycles. The van der Waals surface area contributed by atoms with Crippen LogP contribution in [0, 0.1) is 12.7 Å². The van der Waals surface area contributed by atoms with Crippen LogP contribution in [0.15, 0.2) is 42.7 Å². The molecule has 1 aromatic carbocycles. The van der Waals surface area contributed by atoms with Gasteiger partial charge in [-0.3, -0.25) is 9.78 Å². The molecular formula is C19H18FN3O. The van der Waals surface area contributed by atoms with E-state index >= 15 is 0 Å². The quantitative estimate of drug-likeness (QED) is 0.799. The van der Waals surface area contributed by atoms with Gasteiger partial charge < -0.3 is 9.88 Å². The fourth-order valence-corrected chi connectivity index (χ4v) is 2.93. The summed E-state index contributed by atoms with van der Waals surface area (Å²) in [4.78, 5) is 16.6. The van der Waals surface area contributed by atoms with E-state index in [0.29, 0.717) is 6.04 Å². The lowest BCUT2D eigenvalue weighted by atomic mass is 10.1. The van der Waals surface area contributed by atoms with Gasteiger partial charge in [0, 0.05) is 24.0 Å². The molecule has 2 aromatic heterocycles. The van der Waals surface area contributed by atoms with Crippen LogP contribution < -0.4 is 5.32 Å². The minimum absolute atomic E-state index is 0.0292. The number of fused-ring (bicyclic) bond motifs is 1. The number of carbonyl (C=O) groups excluding carboxylic acids is 1. The lowest BCUT2D eigenvalue weighted by Crippen LogP contribution is -2.29. The standard InChI is InChI=1S/C19H18FN3O/c1-12-10-23(11-18(24)22-16-6-7-16)17-8-14(9-21-19(12)17)13-2-4-15(20)5-3-13/h2-5,8-10,16H,6-7,11H2,1H3,(H,22,24). The van der Waals surface area contributed by atoms with E-state index in [4.69, 9.17) is 0 Å². The van der Waals surface area contributed by atoms with Crippen molar-refractivity contribution in [3.05, 3.63) is 54.1 Å². The smallest absolute Gasteiger partial charge is 0.240 e. The maximum atomic E-state index is 13.1. The monoisotopic (exact) mass is 323 g/mol. The highest BCUT2D eigenvalue weighted by Crippen LogP contribution is 2.26. The molecule has 24 heavy (non-hydrogen) atoms. The summed E-state index contributed by atoms with van der Waals surface area (Å²) in [5, 5.41) is 3.01. The van der Waals surface area contributed by atoms with Crippen molar-refractivity contribution >= 4 is 16.9 Å². The molecule has 0 radical (unpaired) electrons. The third-order valence-electron chi connectivity index (χ3n) is 4.33. The third-order valence-corrected chi connectivity index (χ3v) is 4.33. The Morgan fingerprint density at radius 2 is 2.04 bits per heavy atom. The number of pyridine rings is 1. The molecule has 3 aromatic rings. The molecule has 4 rings (SSSR count). The molecule has 0 aliphatic heterocycles. The van der Waals surface area contributed by atoms with Crippen LogP contribution in [0.3, 0.4) is 0 Å². The van der Waals surface area contributed by atoms with Gasteiger partial charge in [-0.2, -0.15) is 0 Å². The number of hydrogen-bond donors (Lipinski definition) is 1. The number of aryl methyl sites for hydroxylation is 1. The maximum absolute atomic E-state index is 13.1. The molecule has 0 saturated heterocycles. The molecule has 1 aliphatic carbocycles. The van der Waals surface area contributed by atoms with Gasteiger partial charge in [0.15, 0.2) is 0 Å². The molecular weight excluding hydrogens is 305 g/mol. The molecule has 0 atom stereocenters. The number of halogens is 1. The summed E-state index contributed by atoms with van der Waals surface area (Å²) >= 11 is 0. The first kappa shape index (κ1) is 14.9. The second-order valence-corrected chi connectivity index (χ2v) is 6.38. The lowest BCUT2D eigenvalue weighted by molar-refractivity contribution is -0.121. The SMILES string of the molecule is Cc1cn(CC(=O)NC2CC2)c2cc(-c3ccc(F)cc3)cnc12. The number of amides is 1. The fraction of sp³-hybridized carbons (Fsp3) is 0.263. The number of aromatic nitrogens is 2. The van der Waals surface area contributed by atoms with Crippen molar-refractivity contribution in [2.45, 2.75) is 32.4 Å². The Balaban J connectivity index is 1.70. The minimum atomic E-state index is -0.260. The van der Waals surface area contributed by atoms with Crippen molar-refractivity contribution in [2.24, 2.45) is 0 Å². The van der Waals surface area contributed by atoms with Gasteiger partial charge in [0.2, 0.25) is 5.91 Å². The van der Waals surface area contributed by atoms with Crippen molar-refractivity contribution in [2.75, 3.05) is 0 Å². The van der Waals surface area contributed by atoms with Crippen molar-refractivity contribution in [3.63, 3.8) is 0 Å².